The number of thioether (sulfide) groups is 1. The highest BCUT2D eigenvalue weighted by Gasteiger charge is 2.59. The third-order valence-electron chi connectivity index (χ3n) is 10.3. The summed E-state index contributed by atoms with van der Waals surface area (Å²) < 4.78 is 21.2. The van der Waals surface area contributed by atoms with E-state index in [0.29, 0.717) is 71.1 Å². The molecule has 3 saturated heterocycles. The first kappa shape index (κ1) is 44.4. The third-order valence-corrected chi connectivity index (χ3v) is 11.6. The summed E-state index contributed by atoms with van der Waals surface area (Å²) in [5, 5.41) is -6.82. The molecule has 0 saturated carbocycles. The van der Waals surface area contributed by atoms with E-state index >= 15 is 0 Å². The predicted octanol–water partition coefficient (Wildman–Crippen LogP) is 1.41. The average molecular weight is 735 g/mol. The summed E-state index contributed by atoms with van der Waals surface area (Å²) >= 11 is 1.81. The number of fused-ring (bicyclic) bond motifs is 1. The fourth-order valence-corrected chi connectivity index (χ4v) is 8.08. The summed E-state index contributed by atoms with van der Waals surface area (Å²) in [5.74, 6) is 2.33. The van der Waals surface area contributed by atoms with Gasteiger partial charge in [-0.2, -0.15) is 11.8 Å². The van der Waals surface area contributed by atoms with E-state index in [0.717, 1.165) is 52.0 Å². The summed E-state index contributed by atoms with van der Waals surface area (Å²) in [7, 11) is 53.5. The van der Waals surface area contributed by atoms with E-state index in [1.54, 1.807) is 30.3 Å². The molecule has 0 atom stereocenters. The van der Waals surface area contributed by atoms with Gasteiger partial charge in [0.15, 0.2) is 0 Å². The number of ether oxygens (including phenoxy) is 2. The van der Waals surface area contributed by atoms with Gasteiger partial charge in [0.05, 0.1) is 93.2 Å². The SMILES string of the molecule is CC.CF.[B]C1([B])N(CCN2CCC(COc3ccc4c(=O)[nH]c(CSC5CCOCC5)nc4c3)CC2)C([B])([B])C([B])([B])N(c2ccc(N)cc2)C1([B])[B]. The van der Waals surface area contributed by atoms with Crippen molar-refractivity contribution in [1.82, 2.24) is 19.8 Å². The van der Waals surface area contributed by atoms with E-state index in [2.05, 4.69) is 9.88 Å². The number of anilines is 2. The number of alkyl halides is 1. The van der Waals surface area contributed by atoms with Gasteiger partial charge in [-0.25, -0.2) is 4.98 Å². The molecule has 0 aliphatic carbocycles. The normalized spacial score (nSPS) is 21.3. The Labute approximate surface area is 335 Å². The molecule has 0 unspecified atom stereocenters. The van der Waals surface area contributed by atoms with Crippen molar-refractivity contribution in [1.29, 1.82) is 0 Å². The number of aromatic amines is 1. The average Bonchev–Trinajstić information content (AvgIpc) is 3.15. The molecule has 0 amide bonds. The molecule has 9 nitrogen and oxygen atoms in total. The van der Waals surface area contributed by atoms with Crippen molar-refractivity contribution in [3.8, 4) is 5.75 Å². The molecule has 3 aliphatic rings. The fraction of sp³-hybridized carbons (Fsp3) is 0.600. The van der Waals surface area contributed by atoms with Crippen LogP contribution in [0, 0.1) is 5.92 Å². The molecule has 3 aliphatic heterocycles. The second kappa shape index (κ2) is 18.7. The number of nitrogens with two attached hydrogens (primary N) is 1. The lowest BCUT2D eigenvalue weighted by Crippen LogP contribution is -2.92. The molecule has 54 heavy (non-hydrogen) atoms. The van der Waals surface area contributed by atoms with Gasteiger partial charge in [0.2, 0.25) is 0 Å². The van der Waals surface area contributed by atoms with Gasteiger partial charge in [-0.3, -0.25) is 9.18 Å². The number of nitrogen functional groups attached to an aromatic ring is 1. The second-order valence-corrected chi connectivity index (χ2v) is 15.1. The number of likely N-dealkylation sites (tertiary alicyclic amines) is 1. The lowest BCUT2D eigenvalue weighted by molar-refractivity contribution is 0.0772. The zero-order chi connectivity index (χ0) is 39.9. The molecular weight excluding hydrogens is 690 g/mol. The summed E-state index contributed by atoms with van der Waals surface area (Å²) in [4.78, 5) is 25.3. The first-order valence-electron chi connectivity index (χ1n) is 18.3. The predicted molar refractivity (Wildman–Crippen MR) is 228 cm³/mol. The molecular formula is C35H45B8FN6O3S. The molecule has 0 bridgehead atoms. The highest BCUT2D eigenvalue weighted by Crippen LogP contribution is 2.45. The van der Waals surface area contributed by atoms with E-state index in [-0.39, 0.29) is 12.1 Å². The number of nitrogens with zero attached hydrogens (tertiary/aromatic N) is 4. The first-order valence-corrected chi connectivity index (χ1v) is 19.4. The molecule has 19 heteroatoms. The largest absolute Gasteiger partial charge is 0.493 e. The zero-order valence-electron chi connectivity index (χ0n) is 31.7. The number of hydrogen-bond acceptors (Lipinski definition) is 9. The van der Waals surface area contributed by atoms with E-state index in [9.17, 15) is 9.18 Å². The molecule has 1 aromatic heterocycles. The van der Waals surface area contributed by atoms with Crippen LogP contribution in [-0.2, 0) is 10.5 Å². The topological polar surface area (TPSA) is 99.9 Å². The summed E-state index contributed by atoms with van der Waals surface area (Å²) in [6.45, 7) is 8.39. The number of hydrogen-bond donors (Lipinski definition) is 2. The van der Waals surface area contributed by atoms with E-state index in [1.165, 1.54) is 9.80 Å². The van der Waals surface area contributed by atoms with Crippen LogP contribution < -0.4 is 20.9 Å². The molecule has 3 fully saturated rings. The van der Waals surface area contributed by atoms with Crippen LogP contribution >= 0.6 is 11.8 Å². The summed E-state index contributed by atoms with van der Waals surface area (Å²) in [5.41, 5.74) is 7.25. The lowest BCUT2D eigenvalue weighted by atomic mass is 9.26. The van der Waals surface area contributed by atoms with Crippen molar-refractivity contribution in [2.24, 2.45) is 5.92 Å². The van der Waals surface area contributed by atoms with Crippen LogP contribution in [0.25, 0.3) is 10.9 Å². The number of nitrogens with one attached hydrogen (secondary N) is 1. The maximum atomic E-state index is 12.7. The Morgan fingerprint density at radius 1 is 0.889 bits per heavy atom. The van der Waals surface area contributed by atoms with Gasteiger partial charge >= 0.3 is 0 Å². The summed E-state index contributed by atoms with van der Waals surface area (Å²) in [6, 6.07) is 12.0. The number of halogens is 1. The number of H-pyrrole nitrogens is 1. The Bertz CT molecular complexity index is 1680. The van der Waals surface area contributed by atoms with Crippen LogP contribution in [0.4, 0.5) is 15.8 Å². The van der Waals surface area contributed by atoms with E-state index < -0.39 is 21.4 Å². The van der Waals surface area contributed by atoms with E-state index in [4.69, 9.17) is 83.0 Å². The van der Waals surface area contributed by atoms with Gasteiger partial charge in [-0.05, 0) is 102 Å². The fourth-order valence-electron chi connectivity index (χ4n) is 7.02. The van der Waals surface area contributed by atoms with Gasteiger partial charge in [-0.1, -0.05) is 13.8 Å². The van der Waals surface area contributed by atoms with Crippen molar-refractivity contribution < 1.29 is 13.9 Å². The van der Waals surface area contributed by atoms with Crippen LogP contribution in [0.3, 0.4) is 0 Å². The molecule has 2 aromatic carbocycles. The van der Waals surface area contributed by atoms with Crippen molar-refractivity contribution >= 4 is 96.8 Å². The van der Waals surface area contributed by atoms with Crippen LogP contribution in [0.1, 0.15) is 45.4 Å². The highest BCUT2D eigenvalue weighted by atomic mass is 32.2. The first-order chi connectivity index (χ1) is 25.6. The Morgan fingerprint density at radius 3 is 2.07 bits per heavy atom. The molecule has 6 rings (SSSR count). The minimum absolute atomic E-state index is 0.143. The monoisotopic (exact) mass is 736 g/mol. The Hall–Kier alpha value is -2.34. The molecule has 3 aromatic rings. The maximum Gasteiger partial charge on any atom is 0.258 e. The minimum atomic E-state index is -1.99. The molecule has 0 spiro atoms. The van der Waals surface area contributed by atoms with Gasteiger partial charge < -0.3 is 34.9 Å². The quantitative estimate of drug-likeness (QED) is 0.237. The number of rotatable bonds is 10. The van der Waals surface area contributed by atoms with Crippen molar-refractivity contribution in [2.45, 2.75) is 71.9 Å². The van der Waals surface area contributed by atoms with Crippen LogP contribution in [0.15, 0.2) is 47.3 Å². The molecule has 4 heterocycles. The van der Waals surface area contributed by atoms with Gasteiger partial charge in [-0.15, -0.1) is 0 Å². The van der Waals surface area contributed by atoms with Gasteiger partial charge in [0.25, 0.3) is 5.56 Å². The summed E-state index contributed by atoms with van der Waals surface area (Å²) in [6.07, 6.45) is 3.82. The standard InChI is InChI=1S/C32H36B8N6O3S.C2H6.CH3F/c33-29(34)31(37,38)46(22-3-1-21(41)2-4-22)32(39,40)30(35,36)45(29)14-13-44-11-7-20(8-12-44)18-49-23-5-6-25-26(17-23)42-27(43-28(25)47)19-50-24-9-15-48-16-10-24;2*1-2/h1-6,17,20,24H,7-16,18-19,41H2,(H,42,43,47);1-2H3;1H3. The maximum absolute atomic E-state index is 12.7. The van der Waals surface area contributed by atoms with Crippen molar-refractivity contribution in [3.05, 3.63) is 58.6 Å². The number of piperazine rings is 1. The second-order valence-electron chi connectivity index (χ2n) is 13.8. The van der Waals surface area contributed by atoms with Crippen LogP contribution in [-0.4, -0.2) is 162 Å². The number of aromatic nitrogens is 2. The van der Waals surface area contributed by atoms with Gasteiger partial charge in [0.1, 0.15) is 11.6 Å². The molecule has 16 radical (unpaired) electrons. The lowest BCUT2D eigenvalue weighted by Gasteiger charge is -2.76. The Balaban J connectivity index is 0.00000157. The Kier molecular flexibility index (Phi) is 15.4. The van der Waals surface area contributed by atoms with Crippen molar-refractivity contribution in [2.75, 3.05) is 63.8 Å². The van der Waals surface area contributed by atoms with Gasteiger partial charge in [0, 0.05) is 49.0 Å². The minimum Gasteiger partial charge on any atom is -0.493 e. The third kappa shape index (κ3) is 9.43. The smallest absolute Gasteiger partial charge is 0.258 e. The molecule has 270 valence electrons. The number of piperidine rings is 1. The zero-order valence-corrected chi connectivity index (χ0v) is 32.5. The Morgan fingerprint density at radius 2 is 1.48 bits per heavy atom. The van der Waals surface area contributed by atoms with Crippen LogP contribution in [0.2, 0.25) is 0 Å². The van der Waals surface area contributed by atoms with Crippen molar-refractivity contribution in [3.63, 3.8) is 0 Å². The highest BCUT2D eigenvalue weighted by molar-refractivity contribution is 7.99. The van der Waals surface area contributed by atoms with E-state index in [1.807, 2.05) is 37.7 Å². The van der Waals surface area contributed by atoms with Crippen LogP contribution in [0.5, 0.6) is 5.75 Å². The number of benzene rings is 2. The molecule has 3 N–H and O–H groups in total.